The summed E-state index contributed by atoms with van der Waals surface area (Å²) in [5.41, 5.74) is 12.8. The van der Waals surface area contributed by atoms with Crippen LogP contribution in [0.5, 0.6) is 0 Å². The molecule has 2 aromatic rings. The number of carbonyl (C=O) groups is 1. The zero-order valence-corrected chi connectivity index (χ0v) is 14.8. The highest BCUT2D eigenvalue weighted by Gasteiger charge is 2.07. The van der Waals surface area contributed by atoms with Gasteiger partial charge in [-0.25, -0.2) is 14.8 Å². The molecule has 1 heterocycles. The Morgan fingerprint density at radius 2 is 1.96 bits per heavy atom. The number of aromatic nitrogens is 2. The SMILES string of the molecule is COCCN(C)c1ncc(-c2cccc(COC(=O)N=C(N)N)c2)cn1. The van der Waals surface area contributed by atoms with Gasteiger partial charge in [-0.3, -0.25) is 0 Å². The number of amides is 1. The van der Waals surface area contributed by atoms with E-state index in [1.54, 1.807) is 19.5 Å². The van der Waals surface area contributed by atoms with Crippen LogP contribution in [-0.2, 0) is 16.1 Å². The van der Waals surface area contributed by atoms with E-state index in [0.717, 1.165) is 16.7 Å². The Labute approximate surface area is 151 Å². The Hall–Kier alpha value is -3.20. The van der Waals surface area contributed by atoms with Gasteiger partial charge in [0.05, 0.1) is 6.61 Å². The van der Waals surface area contributed by atoms with Gasteiger partial charge in [0.2, 0.25) is 5.95 Å². The highest BCUT2D eigenvalue weighted by molar-refractivity contribution is 5.87. The normalized spacial score (nSPS) is 10.2. The van der Waals surface area contributed by atoms with Gasteiger partial charge < -0.3 is 25.8 Å². The fourth-order valence-corrected chi connectivity index (χ4v) is 2.12. The number of hydrogen-bond donors (Lipinski definition) is 2. The van der Waals surface area contributed by atoms with Crippen molar-refractivity contribution in [1.29, 1.82) is 0 Å². The molecule has 9 nitrogen and oxygen atoms in total. The molecule has 0 fully saturated rings. The Morgan fingerprint density at radius 3 is 2.62 bits per heavy atom. The molecule has 0 aliphatic carbocycles. The Bertz CT molecular complexity index is 759. The van der Waals surface area contributed by atoms with Gasteiger partial charge >= 0.3 is 6.09 Å². The second kappa shape index (κ2) is 9.33. The van der Waals surface area contributed by atoms with Crippen molar-refractivity contribution < 1.29 is 14.3 Å². The number of anilines is 1. The van der Waals surface area contributed by atoms with E-state index in [4.69, 9.17) is 20.9 Å². The van der Waals surface area contributed by atoms with Crippen LogP contribution >= 0.6 is 0 Å². The van der Waals surface area contributed by atoms with Crippen LogP contribution in [0.2, 0.25) is 0 Å². The summed E-state index contributed by atoms with van der Waals surface area (Å²) < 4.78 is 10.0. The lowest BCUT2D eigenvalue weighted by Crippen LogP contribution is -2.24. The molecule has 0 saturated carbocycles. The Balaban J connectivity index is 2.05. The topological polar surface area (TPSA) is 129 Å². The van der Waals surface area contributed by atoms with Crippen LogP contribution in [0.15, 0.2) is 41.7 Å². The Kier molecular flexibility index (Phi) is 6.86. The van der Waals surface area contributed by atoms with E-state index in [-0.39, 0.29) is 12.6 Å². The number of aliphatic imine (C=N–C) groups is 1. The van der Waals surface area contributed by atoms with Gasteiger partial charge in [0.25, 0.3) is 0 Å². The quantitative estimate of drug-likeness (QED) is 0.557. The molecular weight excluding hydrogens is 336 g/mol. The van der Waals surface area contributed by atoms with Crippen molar-refractivity contribution in [2.75, 3.05) is 32.2 Å². The molecule has 0 unspecified atom stereocenters. The van der Waals surface area contributed by atoms with Crippen molar-refractivity contribution in [3.8, 4) is 11.1 Å². The zero-order valence-electron chi connectivity index (χ0n) is 14.8. The van der Waals surface area contributed by atoms with Gasteiger partial charge in [0, 0.05) is 38.7 Å². The van der Waals surface area contributed by atoms with Crippen molar-refractivity contribution >= 4 is 18.0 Å². The summed E-state index contributed by atoms with van der Waals surface area (Å²) in [6.07, 6.45) is 2.66. The molecule has 1 aromatic heterocycles. The van der Waals surface area contributed by atoms with Gasteiger partial charge in [-0.1, -0.05) is 18.2 Å². The summed E-state index contributed by atoms with van der Waals surface area (Å²) >= 11 is 0. The zero-order chi connectivity index (χ0) is 18.9. The van der Waals surface area contributed by atoms with Crippen LogP contribution in [0.3, 0.4) is 0 Å². The lowest BCUT2D eigenvalue weighted by molar-refractivity contribution is 0.151. The third kappa shape index (κ3) is 5.71. The van der Waals surface area contributed by atoms with E-state index in [9.17, 15) is 4.79 Å². The predicted molar refractivity (Wildman–Crippen MR) is 98.6 cm³/mol. The molecule has 0 aliphatic heterocycles. The maximum Gasteiger partial charge on any atom is 0.437 e. The molecular formula is C17H22N6O3. The number of hydrogen-bond acceptors (Lipinski definition) is 6. The number of rotatable bonds is 7. The van der Waals surface area contributed by atoms with Crippen molar-refractivity contribution in [2.24, 2.45) is 16.5 Å². The molecule has 1 aromatic carbocycles. The molecule has 0 radical (unpaired) electrons. The lowest BCUT2D eigenvalue weighted by Gasteiger charge is -2.16. The van der Waals surface area contributed by atoms with Crippen LogP contribution in [-0.4, -0.2) is 49.3 Å². The second-order valence-corrected chi connectivity index (χ2v) is 5.48. The average Bonchev–Trinajstić information content (AvgIpc) is 2.64. The summed E-state index contributed by atoms with van der Waals surface area (Å²) in [7, 11) is 3.55. The van der Waals surface area contributed by atoms with Crippen molar-refractivity contribution in [1.82, 2.24) is 9.97 Å². The largest absolute Gasteiger partial charge is 0.443 e. The van der Waals surface area contributed by atoms with Gasteiger partial charge in [-0.2, -0.15) is 0 Å². The first-order chi connectivity index (χ1) is 12.5. The van der Waals surface area contributed by atoms with Gasteiger partial charge in [-0.15, -0.1) is 4.99 Å². The van der Waals surface area contributed by atoms with Crippen LogP contribution in [0, 0.1) is 0 Å². The van der Waals surface area contributed by atoms with Gasteiger partial charge in [-0.05, 0) is 17.2 Å². The number of guanidine groups is 1. The number of ether oxygens (including phenoxy) is 2. The number of methoxy groups -OCH3 is 1. The fourth-order valence-electron chi connectivity index (χ4n) is 2.12. The molecule has 26 heavy (non-hydrogen) atoms. The molecule has 4 N–H and O–H groups in total. The number of carbonyl (C=O) groups excluding carboxylic acids is 1. The molecule has 0 saturated heterocycles. The third-order valence-electron chi connectivity index (χ3n) is 3.45. The fraction of sp³-hybridized carbons (Fsp3) is 0.294. The van der Waals surface area contributed by atoms with Crippen molar-refractivity contribution in [3.63, 3.8) is 0 Å². The predicted octanol–water partition coefficient (Wildman–Crippen LogP) is 1.14. The highest BCUT2D eigenvalue weighted by Crippen LogP contribution is 2.20. The monoisotopic (exact) mass is 358 g/mol. The molecule has 2 rings (SSSR count). The molecule has 0 spiro atoms. The standard InChI is InChI=1S/C17H22N6O3/c1-23(6-7-25-2)16-20-9-14(10-21-16)13-5-3-4-12(8-13)11-26-17(24)22-15(18)19/h3-5,8-10H,6-7,11H2,1-2H3,(H4,18,19,22,24). The molecule has 0 bridgehead atoms. The summed E-state index contributed by atoms with van der Waals surface area (Å²) in [5, 5.41) is 0. The van der Waals surface area contributed by atoms with Crippen LogP contribution in [0.1, 0.15) is 5.56 Å². The molecule has 0 atom stereocenters. The smallest absolute Gasteiger partial charge is 0.437 e. The summed E-state index contributed by atoms with van der Waals surface area (Å²) in [5.74, 6) is 0.282. The van der Waals surface area contributed by atoms with Crippen molar-refractivity contribution in [3.05, 3.63) is 42.2 Å². The van der Waals surface area contributed by atoms with E-state index < -0.39 is 6.09 Å². The molecule has 1 amide bonds. The third-order valence-corrected chi connectivity index (χ3v) is 3.45. The van der Waals surface area contributed by atoms with Crippen LogP contribution in [0.4, 0.5) is 10.7 Å². The van der Waals surface area contributed by atoms with E-state index in [1.165, 1.54) is 0 Å². The lowest BCUT2D eigenvalue weighted by atomic mass is 10.1. The van der Waals surface area contributed by atoms with Crippen molar-refractivity contribution in [2.45, 2.75) is 6.61 Å². The summed E-state index contributed by atoms with van der Waals surface area (Å²) in [6.45, 7) is 1.36. The summed E-state index contributed by atoms with van der Waals surface area (Å²) in [4.78, 5) is 25.3. The first-order valence-electron chi connectivity index (χ1n) is 7.87. The highest BCUT2D eigenvalue weighted by atomic mass is 16.5. The van der Waals surface area contributed by atoms with E-state index in [1.807, 2.05) is 36.2 Å². The number of nitrogens with two attached hydrogens (primary N) is 2. The second-order valence-electron chi connectivity index (χ2n) is 5.48. The Morgan fingerprint density at radius 1 is 1.23 bits per heavy atom. The minimum atomic E-state index is -0.831. The van der Waals surface area contributed by atoms with E-state index >= 15 is 0 Å². The van der Waals surface area contributed by atoms with E-state index in [0.29, 0.717) is 19.1 Å². The van der Waals surface area contributed by atoms with Gasteiger partial charge in [0.1, 0.15) is 6.61 Å². The average molecular weight is 358 g/mol. The maximum atomic E-state index is 11.4. The van der Waals surface area contributed by atoms with Crippen LogP contribution in [0.25, 0.3) is 11.1 Å². The minimum Gasteiger partial charge on any atom is -0.443 e. The van der Waals surface area contributed by atoms with Gasteiger partial charge in [0.15, 0.2) is 5.96 Å². The molecule has 138 valence electrons. The summed E-state index contributed by atoms with van der Waals surface area (Å²) in [6, 6.07) is 7.50. The minimum absolute atomic E-state index is 0.0577. The number of nitrogens with zero attached hydrogens (tertiary/aromatic N) is 4. The molecule has 0 aliphatic rings. The first kappa shape index (κ1) is 19.1. The molecule has 9 heteroatoms. The van der Waals surface area contributed by atoms with Crippen LogP contribution < -0.4 is 16.4 Å². The first-order valence-corrected chi connectivity index (χ1v) is 7.87. The number of likely N-dealkylation sites (N-methyl/N-ethyl adjacent to an activating group) is 1. The van der Waals surface area contributed by atoms with E-state index in [2.05, 4.69) is 15.0 Å². The maximum absolute atomic E-state index is 11.4. The number of benzene rings is 1.